The molecule has 4 aromatic rings. The zero-order chi connectivity index (χ0) is 23.7. The van der Waals surface area contributed by atoms with Crippen LogP contribution >= 0.6 is 0 Å². The van der Waals surface area contributed by atoms with E-state index in [9.17, 15) is 9.90 Å². The van der Waals surface area contributed by atoms with Crippen molar-refractivity contribution in [1.82, 2.24) is 19.9 Å². The number of aryl methyl sites for hydroxylation is 2. The van der Waals surface area contributed by atoms with E-state index in [0.29, 0.717) is 17.9 Å². The standard InChI is InChI=1S/C27H27N5O2/c1-17-6-7-18(13-28-17)11-22(34)15-32(2)27-23-4-3-5-24(23)30-26(31-27)25-12-21-10-19(16-33)8-9-20(21)14-29-25/h6-10,12-14,33H,3-5,11,15-16H2,1-2H3. The molecule has 7 nitrogen and oxygen atoms in total. The average Bonchev–Trinajstić information content (AvgIpc) is 3.33. The Balaban J connectivity index is 1.44. The molecule has 0 aliphatic heterocycles. The van der Waals surface area contributed by atoms with Crippen LogP contribution in [-0.2, 0) is 30.7 Å². The molecule has 1 aliphatic rings. The molecule has 172 valence electrons. The number of hydrogen-bond donors (Lipinski definition) is 1. The van der Waals surface area contributed by atoms with Crippen LogP contribution in [-0.4, -0.2) is 44.4 Å². The van der Waals surface area contributed by atoms with Crippen LogP contribution in [0.3, 0.4) is 0 Å². The predicted molar refractivity (Wildman–Crippen MR) is 132 cm³/mol. The van der Waals surface area contributed by atoms with E-state index < -0.39 is 0 Å². The molecule has 0 atom stereocenters. The Hall–Kier alpha value is -3.71. The fourth-order valence-electron chi connectivity index (χ4n) is 4.48. The quantitative estimate of drug-likeness (QED) is 0.457. The number of aromatic nitrogens is 4. The molecule has 1 aromatic carbocycles. The van der Waals surface area contributed by atoms with Crippen LogP contribution in [0.1, 0.15) is 34.5 Å². The molecule has 0 saturated heterocycles. The van der Waals surface area contributed by atoms with Crippen molar-refractivity contribution in [2.45, 2.75) is 39.2 Å². The lowest BCUT2D eigenvalue weighted by Gasteiger charge is -2.21. The van der Waals surface area contributed by atoms with Crippen molar-refractivity contribution in [1.29, 1.82) is 0 Å². The van der Waals surface area contributed by atoms with Crippen molar-refractivity contribution >= 4 is 22.4 Å². The van der Waals surface area contributed by atoms with E-state index in [4.69, 9.17) is 9.97 Å². The summed E-state index contributed by atoms with van der Waals surface area (Å²) in [5.74, 6) is 1.48. The van der Waals surface area contributed by atoms with Crippen LogP contribution < -0.4 is 4.90 Å². The minimum absolute atomic E-state index is 0.00936. The Morgan fingerprint density at radius 2 is 1.85 bits per heavy atom. The second-order valence-corrected chi connectivity index (χ2v) is 8.94. The number of Topliss-reactive ketones (excluding diaryl/α,β-unsaturated/α-hetero) is 1. The first-order valence-corrected chi connectivity index (χ1v) is 11.5. The van der Waals surface area contributed by atoms with Gasteiger partial charge in [-0.1, -0.05) is 18.2 Å². The molecule has 1 N–H and O–H groups in total. The summed E-state index contributed by atoms with van der Waals surface area (Å²) in [5, 5.41) is 11.5. The van der Waals surface area contributed by atoms with Crippen LogP contribution in [0.15, 0.2) is 48.8 Å². The van der Waals surface area contributed by atoms with Gasteiger partial charge in [0.2, 0.25) is 0 Å². The number of fused-ring (bicyclic) bond motifs is 2. The second kappa shape index (κ2) is 9.27. The van der Waals surface area contributed by atoms with Crippen molar-refractivity contribution in [2.75, 3.05) is 18.5 Å². The molecule has 0 amide bonds. The van der Waals surface area contributed by atoms with E-state index in [2.05, 4.69) is 9.97 Å². The highest BCUT2D eigenvalue weighted by atomic mass is 16.3. The summed E-state index contributed by atoms with van der Waals surface area (Å²) in [6.45, 7) is 2.19. The van der Waals surface area contributed by atoms with E-state index in [0.717, 1.165) is 63.9 Å². The number of anilines is 1. The third-order valence-electron chi connectivity index (χ3n) is 6.26. The summed E-state index contributed by atoms with van der Waals surface area (Å²) in [6, 6.07) is 11.6. The number of nitrogens with zero attached hydrogens (tertiary/aromatic N) is 5. The van der Waals surface area contributed by atoms with Gasteiger partial charge in [-0.05, 0) is 60.9 Å². The topological polar surface area (TPSA) is 92.1 Å². The van der Waals surface area contributed by atoms with E-state index in [1.165, 1.54) is 0 Å². The normalized spacial score (nSPS) is 12.7. The highest BCUT2D eigenvalue weighted by molar-refractivity contribution is 5.86. The molecule has 3 heterocycles. The average molecular weight is 454 g/mol. The zero-order valence-corrected chi connectivity index (χ0v) is 19.5. The van der Waals surface area contributed by atoms with Gasteiger partial charge >= 0.3 is 0 Å². The Morgan fingerprint density at radius 1 is 1.00 bits per heavy atom. The van der Waals surface area contributed by atoms with Crippen LogP contribution in [0, 0.1) is 6.92 Å². The van der Waals surface area contributed by atoms with Crippen LogP contribution in [0.5, 0.6) is 0 Å². The van der Waals surface area contributed by atoms with Gasteiger partial charge in [-0.25, -0.2) is 9.97 Å². The summed E-state index contributed by atoms with van der Waals surface area (Å²) in [5.41, 5.74) is 5.55. The molecular weight excluding hydrogens is 426 g/mol. The van der Waals surface area contributed by atoms with E-state index in [1.54, 1.807) is 6.20 Å². The largest absolute Gasteiger partial charge is 0.392 e. The molecule has 3 aromatic heterocycles. The number of pyridine rings is 2. The zero-order valence-electron chi connectivity index (χ0n) is 19.5. The first-order valence-electron chi connectivity index (χ1n) is 11.5. The first-order chi connectivity index (χ1) is 16.5. The maximum absolute atomic E-state index is 12.8. The molecule has 1 aliphatic carbocycles. The molecule has 34 heavy (non-hydrogen) atoms. The third-order valence-corrected chi connectivity index (χ3v) is 6.26. The maximum Gasteiger partial charge on any atom is 0.180 e. The number of hydrogen-bond acceptors (Lipinski definition) is 7. The Morgan fingerprint density at radius 3 is 2.65 bits per heavy atom. The van der Waals surface area contributed by atoms with Crippen LogP contribution in [0.2, 0.25) is 0 Å². The number of aliphatic hydroxyl groups is 1. The Labute approximate surface area is 198 Å². The molecule has 0 unspecified atom stereocenters. The van der Waals surface area contributed by atoms with Gasteiger partial charge in [0.1, 0.15) is 11.5 Å². The number of rotatable bonds is 7. The van der Waals surface area contributed by atoms with Crippen molar-refractivity contribution in [3.63, 3.8) is 0 Å². The fourth-order valence-corrected chi connectivity index (χ4v) is 4.48. The highest BCUT2D eigenvalue weighted by Gasteiger charge is 2.23. The van der Waals surface area contributed by atoms with Gasteiger partial charge in [0.25, 0.3) is 0 Å². The van der Waals surface area contributed by atoms with Gasteiger partial charge in [-0.2, -0.15) is 0 Å². The van der Waals surface area contributed by atoms with Crippen molar-refractivity contribution in [2.24, 2.45) is 0 Å². The van der Waals surface area contributed by atoms with Gasteiger partial charge in [-0.15, -0.1) is 0 Å². The summed E-state index contributed by atoms with van der Waals surface area (Å²) >= 11 is 0. The van der Waals surface area contributed by atoms with Crippen LogP contribution in [0.25, 0.3) is 22.3 Å². The first kappa shape index (κ1) is 22.1. The summed E-state index contributed by atoms with van der Waals surface area (Å²) in [6.07, 6.45) is 6.76. The van der Waals surface area contributed by atoms with E-state index in [-0.39, 0.29) is 18.9 Å². The Bertz CT molecular complexity index is 1370. The van der Waals surface area contributed by atoms with Crippen molar-refractivity contribution < 1.29 is 9.90 Å². The lowest BCUT2D eigenvalue weighted by molar-refractivity contribution is -0.117. The number of carbonyl (C=O) groups excluding carboxylic acids is 1. The predicted octanol–water partition coefficient (Wildman–Crippen LogP) is 3.62. The molecule has 0 bridgehead atoms. The second-order valence-electron chi connectivity index (χ2n) is 8.94. The minimum Gasteiger partial charge on any atom is -0.392 e. The number of ketones is 1. The fraction of sp³-hybridized carbons (Fsp3) is 0.296. The third kappa shape index (κ3) is 4.52. The van der Waals surface area contributed by atoms with Gasteiger partial charge in [0.05, 0.1) is 13.2 Å². The van der Waals surface area contributed by atoms with Crippen molar-refractivity contribution in [3.05, 3.63) is 76.9 Å². The molecule has 0 spiro atoms. The lowest BCUT2D eigenvalue weighted by atomic mass is 10.1. The number of benzene rings is 1. The van der Waals surface area contributed by atoms with E-state index >= 15 is 0 Å². The maximum atomic E-state index is 12.8. The lowest BCUT2D eigenvalue weighted by Crippen LogP contribution is -2.28. The van der Waals surface area contributed by atoms with Gasteiger partial charge in [0, 0.05) is 48.2 Å². The summed E-state index contributed by atoms with van der Waals surface area (Å²) < 4.78 is 0. The number of carbonyl (C=O) groups is 1. The van der Waals surface area contributed by atoms with Gasteiger partial charge in [-0.3, -0.25) is 14.8 Å². The summed E-state index contributed by atoms with van der Waals surface area (Å²) in [4.78, 5) is 33.3. The van der Waals surface area contributed by atoms with E-state index in [1.807, 2.05) is 61.5 Å². The molecule has 0 fully saturated rings. The number of likely N-dealkylation sites (N-methyl/N-ethyl adjacent to an activating group) is 1. The minimum atomic E-state index is -0.00936. The summed E-state index contributed by atoms with van der Waals surface area (Å²) in [7, 11) is 1.91. The SMILES string of the molecule is Cc1ccc(CC(=O)CN(C)c2nc(-c3cc4cc(CO)ccc4cn3)nc3c2CCC3)cn1. The smallest absolute Gasteiger partial charge is 0.180 e. The Kier molecular flexibility index (Phi) is 6.02. The molecule has 7 heteroatoms. The molecule has 5 rings (SSSR count). The van der Waals surface area contributed by atoms with Gasteiger partial charge < -0.3 is 10.0 Å². The monoisotopic (exact) mass is 453 g/mol. The molecular formula is C27H27N5O2. The van der Waals surface area contributed by atoms with Crippen LogP contribution in [0.4, 0.5) is 5.82 Å². The van der Waals surface area contributed by atoms with Crippen molar-refractivity contribution in [3.8, 4) is 11.5 Å². The van der Waals surface area contributed by atoms with Gasteiger partial charge in [0.15, 0.2) is 11.6 Å². The molecule has 0 radical (unpaired) electrons. The number of aliphatic hydroxyl groups excluding tert-OH is 1. The molecule has 0 saturated carbocycles. The highest BCUT2D eigenvalue weighted by Crippen LogP contribution is 2.31.